The molecule has 0 bridgehead atoms. The van der Waals surface area contributed by atoms with E-state index in [0.29, 0.717) is 11.4 Å². The summed E-state index contributed by atoms with van der Waals surface area (Å²) in [6, 6.07) is 11.2. The number of anilines is 1. The minimum absolute atomic E-state index is 0.106. The lowest BCUT2D eigenvalue weighted by Gasteiger charge is -2.14. The highest BCUT2D eigenvalue weighted by Crippen LogP contribution is 2.27. The van der Waals surface area contributed by atoms with Crippen molar-refractivity contribution in [2.45, 2.75) is 0 Å². The Bertz CT molecular complexity index is 576. The average Bonchev–Trinajstić information content (AvgIpc) is 2.33. The largest absolute Gasteiger partial charge is 0.422 e. The summed E-state index contributed by atoms with van der Waals surface area (Å²) in [7, 11) is 3.66. The Hall–Kier alpha value is -1.74. The molecule has 88 valence electrons. The summed E-state index contributed by atoms with van der Waals surface area (Å²) >= 11 is 5.90. The van der Waals surface area contributed by atoms with E-state index in [-0.39, 0.29) is 5.02 Å². The number of benzene rings is 1. The van der Waals surface area contributed by atoms with Crippen LogP contribution in [0.4, 0.5) is 5.69 Å². The van der Waals surface area contributed by atoms with Crippen molar-refractivity contribution in [3.05, 3.63) is 51.8 Å². The molecule has 2 rings (SSSR count). The fraction of sp³-hybridized carbons (Fsp3) is 0.154. The molecule has 0 amide bonds. The summed E-state index contributed by atoms with van der Waals surface area (Å²) in [4.78, 5) is 13.4. The second-order valence-corrected chi connectivity index (χ2v) is 4.24. The molecule has 0 aliphatic carbocycles. The van der Waals surface area contributed by atoms with Gasteiger partial charge in [0, 0.05) is 25.7 Å². The molecule has 0 fully saturated rings. The minimum atomic E-state index is -0.517. The third-order valence-electron chi connectivity index (χ3n) is 2.41. The Balaban J connectivity index is 2.62. The number of halogens is 1. The van der Waals surface area contributed by atoms with E-state index < -0.39 is 5.63 Å². The molecular formula is C13H12ClNO2. The summed E-state index contributed by atoms with van der Waals surface area (Å²) in [5.41, 5.74) is 0.989. The highest BCUT2D eigenvalue weighted by atomic mass is 35.5. The fourth-order valence-electron chi connectivity index (χ4n) is 1.54. The van der Waals surface area contributed by atoms with Crippen molar-refractivity contribution in [2.24, 2.45) is 0 Å². The molecule has 0 N–H and O–H groups in total. The van der Waals surface area contributed by atoms with Gasteiger partial charge in [0.2, 0.25) is 0 Å². The van der Waals surface area contributed by atoms with Gasteiger partial charge in [-0.3, -0.25) is 0 Å². The number of hydrogen-bond acceptors (Lipinski definition) is 3. The monoisotopic (exact) mass is 249 g/mol. The topological polar surface area (TPSA) is 33.5 Å². The summed E-state index contributed by atoms with van der Waals surface area (Å²) in [6.45, 7) is 0. The maximum absolute atomic E-state index is 11.6. The first-order valence-corrected chi connectivity index (χ1v) is 5.54. The zero-order chi connectivity index (χ0) is 12.4. The summed E-state index contributed by atoms with van der Waals surface area (Å²) in [6.07, 6.45) is 0. The molecule has 1 aromatic carbocycles. The van der Waals surface area contributed by atoms with Gasteiger partial charge in [0.1, 0.15) is 10.8 Å². The van der Waals surface area contributed by atoms with Crippen LogP contribution in [0.1, 0.15) is 0 Å². The number of hydrogen-bond donors (Lipinski definition) is 0. The maximum atomic E-state index is 11.6. The van der Waals surface area contributed by atoms with Gasteiger partial charge in [0.05, 0.1) is 5.69 Å². The van der Waals surface area contributed by atoms with Gasteiger partial charge in [-0.2, -0.15) is 0 Å². The number of nitrogens with zero attached hydrogens (tertiary/aromatic N) is 1. The lowest BCUT2D eigenvalue weighted by molar-refractivity contribution is 0.526. The van der Waals surface area contributed by atoms with Gasteiger partial charge in [0.25, 0.3) is 0 Å². The fourth-order valence-corrected chi connectivity index (χ4v) is 1.80. The van der Waals surface area contributed by atoms with E-state index in [2.05, 4.69) is 0 Å². The SMILES string of the molecule is CN(C)c1cc(-c2ccccc2)oc(=O)c1Cl. The van der Waals surface area contributed by atoms with Crippen LogP contribution in [0.3, 0.4) is 0 Å². The van der Waals surface area contributed by atoms with E-state index in [1.54, 1.807) is 11.0 Å². The van der Waals surface area contributed by atoms with Gasteiger partial charge in [-0.1, -0.05) is 41.9 Å². The van der Waals surface area contributed by atoms with Gasteiger partial charge in [-0.15, -0.1) is 0 Å². The van der Waals surface area contributed by atoms with Crippen LogP contribution in [0.2, 0.25) is 5.02 Å². The Morgan fingerprint density at radius 1 is 1.18 bits per heavy atom. The second kappa shape index (κ2) is 4.63. The second-order valence-electron chi connectivity index (χ2n) is 3.86. The van der Waals surface area contributed by atoms with E-state index in [9.17, 15) is 4.79 Å². The van der Waals surface area contributed by atoms with Crippen LogP contribution in [-0.2, 0) is 0 Å². The third-order valence-corrected chi connectivity index (χ3v) is 2.76. The Morgan fingerprint density at radius 2 is 1.82 bits per heavy atom. The third kappa shape index (κ3) is 2.34. The first-order valence-electron chi connectivity index (χ1n) is 5.16. The summed E-state index contributed by atoms with van der Waals surface area (Å²) in [5.74, 6) is 0.517. The van der Waals surface area contributed by atoms with Crippen molar-refractivity contribution in [3.8, 4) is 11.3 Å². The minimum Gasteiger partial charge on any atom is -0.422 e. The van der Waals surface area contributed by atoms with Crippen LogP contribution in [0.5, 0.6) is 0 Å². The van der Waals surface area contributed by atoms with E-state index in [1.807, 2.05) is 44.4 Å². The Morgan fingerprint density at radius 3 is 2.41 bits per heavy atom. The molecule has 0 saturated carbocycles. The first-order chi connectivity index (χ1) is 8.09. The van der Waals surface area contributed by atoms with E-state index >= 15 is 0 Å². The lowest BCUT2D eigenvalue weighted by atomic mass is 10.1. The molecule has 1 heterocycles. The Labute approximate surface area is 104 Å². The van der Waals surface area contributed by atoms with Crippen molar-refractivity contribution in [3.63, 3.8) is 0 Å². The van der Waals surface area contributed by atoms with E-state index in [0.717, 1.165) is 5.56 Å². The van der Waals surface area contributed by atoms with Crippen molar-refractivity contribution in [2.75, 3.05) is 19.0 Å². The van der Waals surface area contributed by atoms with Crippen LogP contribution in [0, 0.1) is 0 Å². The summed E-state index contributed by atoms with van der Waals surface area (Å²) < 4.78 is 5.17. The zero-order valence-corrected chi connectivity index (χ0v) is 10.4. The first kappa shape index (κ1) is 11.7. The van der Waals surface area contributed by atoms with Crippen LogP contribution in [0.15, 0.2) is 45.6 Å². The smallest absolute Gasteiger partial charge is 0.357 e. The molecule has 0 aliphatic rings. The lowest BCUT2D eigenvalue weighted by Crippen LogP contribution is -2.13. The quantitative estimate of drug-likeness (QED) is 0.820. The molecule has 1 aromatic heterocycles. The highest BCUT2D eigenvalue weighted by molar-refractivity contribution is 6.33. The standard InChI is InChI=1S/C13H12ClNO2/c1-15(2)10-8-11(17-13(16)12(10)14)9-6-4-3-5-7-9/h3-8H,1-2H3. The van der Waals surface area contributed by atoms with Gasteiger partial charge in [0.15, 0.2) is 0 Å². The molecule has 0 aliphatic heterocycles. The molecular weight excluding hydrogens is 238 g/mol. The molecule has 0 radical (unpaired) electrons. The molecule has 2 aromatic rings. The van der Waals surface area contributed by atoms with Gasteiger partial charge in [-0.05, 0) is 0 Å². The molecule has 0 saturated heterocycles. The maximum Gasteiger partial charge on any atom is 0.357 e. The van der Waals surface area contributed by atoms with Crippen LogP contribution < -0.4 is 10.5 Å². The molecule has 3 nitrogen and oxygen atoms in total. The average molecular weight is 250 g/mol. The predicted octanol–water partition coefficient (Wildman–Crippen LogP) is 3.03. The molecule has 17 heavy (non-hydrogen) atoms. The van der Waals surface area contributed by atoms with Gasteiger partial charge >= 0.3 is 5.63 Å². The predicted molar refractivity (Wildman–Crippen MR) is 69.8 cm³/mol. The van der Waals surface area contributed by atoms with Crippen LogP contribution in [-0.4, -0.2) is 14.1 Å². The van der Waals surface area contributed by atoms with Crippen molar-refractivity contribution >= 4 is 17.3 Å². The highest BCUT2D eigenvalue weighted by Gasteiger charge is 2.12. The van der Waals surface area contributed by atoms with Crippen LogP contribution >= 0.6 is 11.6 Å². The van der Waals surface area contributed by atoms with E-state index in [4.69, 9.17) is 16.0 Å². The van der Waals surface area contributed by atoms with Crippen molar-refractivity contribution in [1.82, 2.24) is 0 Å². The Kier molecular flexibility index (Phi) is 3.20. The van der Waals surface area contributed by atoms with Gasteiger partial charge in [-0.25, -0.2) is 4.79 Å². The van der Waals surface area contributed by atoms with Crippen LogP contribution in [0.25, 0.3) is 11.3 Å². The molecule has 0 unspecified atom stereocenters. The number of rotatable bonds is 2. The molecule has 0 spiro atoms. The van der Waals surface area contributed by atoms with Crippen molar-refractivity contribution < 1.29 is 4.42 Å². The normalized spacial score (nSPS) is 10.3. The van der Waals surface area contributed by atoms with Gasteiger partial charge < -0.3 is 9.32 Å². The van der Waals surface area contributed by atoms with Crippen molar-refractivity contribution in [1.29, 1.82) is 0 Å². The summed E-state index contributed by atoms with van der Waals surface area (Å²) in [5, 5.41) is 0.106. The molecule has 4 heteroatoms. The molecule has 0 atom stereocenters. The zero-order valence-electron chi connectivity index (χ0n) is 9.61. The van der Waals surface area contributed by atoms with E-state index in [1.165, 1.54) is 0 Å².